The molecule has 2 atom stereocenters. The van der Waals surface area contributed by atoms with Crippen LogP contribution in [-0.2, 0) is 23.9 Å². The van der Waals surface area contributed by atoms with Gasteiger partial charge in [-0.05, 0) is 25.7 Å². The number of fused-ring (bicyclic) bond motifs is 1. The van der Waals surface area contributed by atoms with Crippen LogP contribution in [0.25, 0.3) is 0 Å². The summed E-state index contributed by atoms with van der Waals surface area (Å²) in [6.45, 7) is -0.652. The molecule has 140 valence electrons. The van der Waals surface area contributed by atoms with Crippen molar-refractivity contribution in [1.82, 2.24) is 15.5 Å². The summed E-state index contributed by atoms with van der Waals surface area (Å²) in [4.78, 5) is 60.2. The zero-order valence-corrected chi connectivity index (χ0v) is 14.2. The first-order chi connectivity index (χ1) is 12.5. The Hall–Kier alpha value is -2.71. The van der Waals surface area contributed by atoms with Crippen LogP contribution in [0.4, 0.5) is 4.79 Å². The topological polar surface area (TPSA) is 122 Å². The monoisotopic (exact) mass is 363 g/mol. The third-order valence-electron chi connectivity index (χ3n) is 4.67. The van der Waals surface area contributed by atoms with E-state index in [0.717, 1.165) is 17.7 Å². The van der Waals surface area contributed by atoms with Gasteiger partial charge in [0.1, 0.15) is 0 Å². The number of carbonyl (C=O) groups is 5. The molecule has 0 unspecified atom stereocenters. The van der Waals surface area contributed by atoms with Crippen LogP contribution in [-0.4, -0.2) is 53.8 Å². The van der Waals surface area contributed by atoms with Crippen molar-refractivity contribution in [2.24, 2.45) is 11.8 Å². The van der Waals surface area contributed by atoms with Gasteiger partial charge in [0.2, 0.25) is 11.8 Å². The number of imide groups is 2. The lowest BCUT2D eigenvalue weighted by Crippen LogP contribution is -2.42. The van der Waals surface area contributed by atoms with Crippen LogP contribution in [0.5, 0.6) is 0 Å². The maximum Gasteiger partial charge on any atom is 0.321 e. The van der Waals surface area contributed by atoms with Crippen molar-refractivity contribution < 1.29 is 28.7 Å². The van der Waals surface area contributed by atoms with Crippen molar-refractivity contribution in [3.63, 3.8) is 0 Å². The number of amides is 5. The van der Waals surface area contributed by atoms with E-state index in [1.165, 1.54) is 0 Å². The van der Waals surface area contributed by atoms with Gasteiger partial charge in [-0.15, -0.1) is 0 Å². The molecule has 0 aromatic carbocycles. The molecule has 1 aliphatic heterocycles. The maximum atomic E-state index is 12.3. The van der Waals surface area contributed by atoms with Gasteiger partial charge in [0.15, 0.2) is 6.61 Å². The van der Waals surface area contributed by atoms with Crippen molar-refractivity contribution in [2.75, 3.05) is 13.2 Å². The number of ether oxygens (including phenoxy) is 1. The van der Waals surface area contributed by atoms with Crippen LogP contribution in [0.3, 0.4) is 0 Å². The molecular weight excluding hydrogens is 342 g/mol. The first kappa shape index (κ1) is 18.1. The van der Waals surface area contributed by atoms with Gasteiger partial charge in [-0.25, -0.2) is 4.79 Å². The standard InChI is InChI=1S/C17H21N3O6/c21-13(19-17(25)18-10-5-6-10)9-26-14(22)7-8-20-15(23)11-3-1-2-4-12(11)16(20)24/h1-2,10-12H,3-9H2,(H2,18,19,21,25)/t11-,12-/m1/s1. The summed E-state index contributed by atoms with van der Waals surface area (Å²) in [6.07, 6.45) is 6.46. The van der Waals surface area contributed by atoms with Gasteiger partial charge in [0.05, 0.1) is 18.3 Å². The van der Waals surface area contributed by atoms with Crippen LogP contribution in [0, 0.1) is 11.8 Å². The minimum atomic E-state index is -0.734. The second-order valence-electron chi connectivity index (χ2n) is 6.69. The first-order valence-electron chi connectivity index (χ1n) is 8.72. The number of hydrogen-bond acceptors (Lipinski definition) is 6. The maximum absolute atomic E-state index is 12.3. The third-order valence-corrected chi connectivity index (χ3v) is 4.67. The highest BCUT2D eigenvalue weighted by atomic mass is 16.5. The van der Waals surface area contributed by atoms with Crippen LogP contribution >= 0.6 is 0 Å². The van der Waals surface area contributed by atoms with Gasteiger partial charge in [0, 0.05) is 12.6 Å². The number of allylic oxidation sites excluding steroid dienone is 2. The first-order valence-corrected chi connectivity index (χ1v) is 8.72. The van der Waals surface area contributed by atoms with Crippen LogP contribution in [0.1, 0.15) is 32.1 Å². The minimum absolute atomic E-state index is 0.0622. The SMILES string of the molecule is O=C(COC(=O)CCN1C(=O)[C@@H]2CC=CC[C@H]2C1=O)NC(=O)NC1CC1. The molecule has 1 saturated carbocycles. The van der Waals surface area contributed by atoms with Crippen molar-refractivity contribution in [3.8, 4) is 0 Å². The summed E-state index contributed by atoms with van der Waals surface area (Å²) < 4.78 is 4.78. The average Bonchev–Trinajstić information content (AvgIpc) is 3.39. The van der Waals surface area contributed by atoms with Crippen molar-refractivity contribution in [3.05, 3.63) is 12.2 Å². The minimum Gasteiger partial charge on any atom is -0.456 e. The molecule has 1 saturated heterocycles. The molecular formula is C17H21N3O6. The molecule has 9 heteroatoms. The Morgan fingerprint density at radius 1 is 1.08 bits per heavy atom. The summed E-state index contributed by atoms with van der Waals surface area (Å²) in [5.74, 6) is -2.63. The highest BCUT2D eigenvalue weighted by molar-refractivity contribution is 6.05. The summed E-state index contributed by atoms with van der Waals surface area (Å²) in [5.41, 5.74) is 0. The Labute approximate surface area is 150 Å². The van der Waals surface area contributed by atoms with E-state index in [1.807, 2.05) is 12.2 Å². The molecule has 0 spiro atoms. The van der Waals surface area contributed by atoms with Crippen LogP contribution in [0.2, 0.25) is 0 Å². The Morgan fingerprint density at radius 2 is 1.69 bits per heavy atom. The molecule has 5 amide bonds. The molecule has 2 aliphatic carbocycles. The second-order valence-corrected chi connectivity index (χ2v) is 6.69. The van der Waals surface area contributed by atoms with Gasteiger partial charge in [-0.1, -0.05) is 12.2 Å². The number of likely N-dealkylation sites (tertiary alicyclic amines) is 1. The lowest BCUT2D eigenvalue weighted by Gasteiger charge is -2.14. The molecule has 3 rings (SSSR count). The lowest BCUT2D eigenvalue weighted by atomic mass is 9.85. The Morgan fingerprint density at radius 3 is 2.27 bits per heavy atom. The van der Waals surface area contributed by atoms with E-state index >= 15 is 0 Å². The second kappa shape index (κ2) is 7.67. The quantitative estimate of drug-likeness (QED) is 0.385. The summed E-state index contributed by atoms with van der Waals surface area (Å²) >= 11 is 0. The fraction of sp³-hybridized carbons (Fsp3) is 0.588. The summed E-state index contributed by atoms with van der Waals surface area (Å²) in [5, 5.41) is 4.63. The normalized spacial score (nSPS) is 24.2. The number of urea groups is 1. The highest BCUT2D eigenvalue weighted by Crippen LogP contribution is 2.34. The van der Waals surface area contributed by atoms with Crippen LogP contribution in [0.15, 0.2) is 12.2 Å². The number of rotatable bonds is 6. The fourth-order valence-electron chi connectivity index (χ4n) is 3.12. The van der Waals surface area contributed by atoms with Crippen LogP contribution < -0.4 is 10.6 Å². The molecule has 0 bridgehead atoms. The van der Waals surface area contributed by atoms with Crippen molar-refractivity contribution >= 4 is 29.7 Å². The van der Waals surface area contributed by atoms with Gasteiger partial charge < -0.3 is 10.1 Å². The van der Waals surface area contributed by atoms with Gasteiger partial charge in [0.25, 0.3) is 5.91 Å². The van der Waals surface area contributed by atoms with E-state index in [2.05, 4.69) is 10.6 Å². The van der Waals surface area contributed by atoms with Crippen molar-refractivity contribution in [2.45, 2.75) is 38.1 Å². The van der Waals surface area contributed by atoms with Gasteiger partial charge in [-0.2, -0.15) is 0 Å². The molecule has 0 aromatic heterocycles. The number of hydrogen-bond donors (Lipinski definition) is 2. The smallest absolute Gasteiger partial charge is 0.321 e. The molecule has 26 heavy (non-hydrogen) atoms. The van der Waals surface area contributed by atoms with E-state index < -0.39 is 24.5 Å². The molecule has 0 aromatic rings. The predicted molar refractivity (Wildman–Crippen MR) is 87.3 cm³/mol. The van der Waals surface area contributed by atoms with E-state index in [1.54, 1.807) is 0 Å². The Kier molecular flexibility index (Phi) is 5.34. The number of nitrogens with zero attached hydrogens (tertiary/aromatic N) is 1. The average molecular weight is 363 g/mol. The van der Waals surface area contributed by atoms with Gasteiger partial charge in [-0.3, -0.25) is 29.4 Å². The summed E-state index contributed by atoms with van der Waals surface area (Å²) in [6, 6.07) is -0.502. The lowest BCUT2D eigenvalue weighted by molar-refractivity contribution is -0.149. The highest BCUT2D eigenvalue weighted by Gasteiger charge is 2.46. The Bertz CT molecular complexity index is 643. The molecule has 9 nitrogen and oxygen atoms in total. The van der Waals surface area contributed by atoms with Crippen molar-refractivity contribution in [1.29, 1.82) is 0 Å². The molecule has 3 aliphatic rings. The predicted octanol–water partition coefficient (Wildman–Crippen LogP) is -0.141. The largest absolute Gasteiger partial charge is 0.456 e. The molecule has 2 N–H and O–H groups in total. The van der Waals surface area contributed by atoms with E-state index in [0.29, 0.717) is 12.8 Å². The molecule has 1 heterocycles. The van der Waals surface area contributed by atoms with E-state index in [-0.39, 0.29) is 42.7 Å². The Balaban J connectivity index is 1.37. The third kappa shape index (κ3) is 4.27. The molecule has 0 radical (unpaired) electrons. The summed E-state index contributed by atoms with van der Waals surface area (Å²) in [7, 11) is 0. The van der Waals surface area contributed by atoms with Gasteiger partial charge >= 0.3 is 12.0 Å². The number of esters is 1. The fourth-order valence-corrected chi connectivity index (χ4v) is 3.12. The number of nitrogens with one attached hydrogen (secondary N) is 2. The zero-order valence-electron chi connectivity index (χ0n) is 14.2. The molecule has 2 fully saturated rings. The zero-order chi connectivity index (χ0) is 18.7. The van der Waals surface area contributed by atoms with E-state index in [9.17, 15) is 24.0 Å². The number of carbonyl (C=O) groups excluding carboxylic acids is 5. The van der Waals surface area contributed by atoms with E-state index in [4.69, 9.17) is 4.74 Å².